The van der Waals surface area contributed by atoms with Crippen molar-refractivity contribution >= 4 is 29.0 Å². The molecule has 2 aliphatic rings. The van der Waals surface area contributed by atoms with Gasteiger partial charge in [-0.2, -0.15) is 0 Å². The van der Waals surface area contributed by atoms with Crippen LogP contribution in [0, 0.1) is 6.92 Å². The molecule has 0 bridgehead atoms. The molecule has 1 aromatic rings. The van der Waals surface area contributed by atoms with Gasteiger partial charge < -0.3 is 0 Å². The molecular weight excluding hydrogens is 296 g/mol. The van der Waals surface area contributed by atoms with E-state index in [4.69, 9.17) is 0 Å². The fourth-order valence-corrected chi connectivity index (χ4v) is 3.67. The lowest BCUT2D eigenvalue weighted by Crippen LogP contribution is -2.42. The lowest BCUT2D eigenvalue weighted by Gasteiger charge is -2.29. The zero-order valence-electron chi connectivity index (χ0n) is 12.7. The molecule has 0 saturated carbocycles. The summed E-state index contributed by atoms with van der Waals surface area (Å²) in [6, 6.07) is 7.93. The fourth-order valence-electron chi connectivity index (χ4n) is 2.83. The highest BCUT2D eigenvalue weighted by atomic mass is 32.2. The molecule has 0 aromatic heterocycles. The van der Waals surface area contributed by atoms with Gasteiger partial charge in [-0.05, 0) is 56.3 Å². The highest BCUT2D eigenvalue weighted by molar-refractivity contribution is 8.18. The van der Waals surface area contributed by atoms with Gasteiger partial charge in [-0.1, -0.05) is 36.2 Å². The molecule has 4 nitrogen and oxygen atoms in total. The number of nitrogens with zero attached hydrogens (tertiary/aromatic N) is 2. The molecule has 0 spiro atoms. The van der Waals surface area contributed by atoms with E-state index in [2.05, 4.69) is 4.90 Å². The summed E-state index contributed by atoms with van der Waals surface area (Å²) in [6.07, 6.45) is 5.35. The number of rotatable bonds is 3. The molecule has 2 heterocycles. The summed E-state index contributed by atoms with van der Waals surface area (Å²) in [5.74, 6) is -0.165. The van der Waals surface area contributed by atoms with Crippen LogP contribution >= 0.6 is 11.8 Å². The SMILES string of the molecule is Cc1cccc(/C=C2/SC(=O)N(CN3CCCCC3)C2=O)c1. The summed E-state index contributed by atoms with van der Waals surface area (Å²) in [5, 5.41) is -0.158. The van der Waals surface area contributed by atoms with Crippen molar-refractivity contribution in [3.8, 4) is 0 Å². The second-order valence-electron chi connectivity index (χ2n) is 5.84. The van der Waals surface area contributed by atoms with E-state index in [9.17, 15) is 9.59 Å². The quantitative estimate of drug-likeness (QED) is 0.801. The third kappa shape index (κ3) is 3.42. The Morgan fingerprint density at radius 2 is 1.95 bits per heavy atom. The van der Waals surface area contributed by atoms with Crippen molar-refractivity contribution in [2.24, 2.45) is 0 Å². The first-order valence-electron chi connectivity index (χ1n) is 7.68. The van der Waals surface area contributed by atoms with Gasteiger partial charge in [0.1, 0.15) is 0 Å². The molecule has 1 aromatic carbocycles. The maximum atomic E-state index is 12.5. The summed E-state index contributed by atoms with van der Waals surface area (Å²) in [4.78, 5) is 28.7. The van der Waals surface area contributed by atoms with E-state index in [0.717, 1.165) is 48.8 Å². The van der Waals surface area contributed by atoms with Crippen molar-refractivity contribution in [1.82, 2.24) is 9.80 Å². The maximum Gasteiger partial charge on any atom is 0.294 e. The number of thioether (sulfide) groups is 1. The molecule has 3 rings (SSSR count). The predicted molar refractivity (Wildman–Crippen MR) is 89.3 cm³/mol. The zero-order chi connectivity index (χ0) is 15.5. The first-order valence-corrected chi connectivity index (χ1v) is 8.49. The third-order valence-corrected chi connectivity index (χ3v) is 4.91. The second kappa shape index (κ2) is 6.67. The first-order chi connectivity index (χ1) is 10.6. The van der Waals surface area contributed by atoms with Crippen molar-refractivity contribution in [2.45, 2.75) is 26.2 Å². The van der Waals surface area contributed by atoms with Gasteiger partial charge in [0.2, 0.25) is 0 Å². The summed E-state index contributed by atoms with van der Waals surface area (Å²) in [7, 11) is 0. The molecule has 2 aliphatic heterocycles. The number of likely N-dealkylation sites (tertiary alicyclic amines) is 1. The Morgan fingerprint density at radius 3 is 2.68 bits per heavy atom. The Balaban J connectivity index is 1.73. The van der Waals surface area contributed by atoms with Crippen LogP contribution in [0.25, 0.3) is 6.08 Å². The number of imide groups is 1. The molecule has 0 unspecified atom stereocenters. The van der Waals surface area contributed by atoms with Gasteiger partial charge in [0, 0.05) is 0 Å². The lowest BCUT2D eigenvalue weighted by molar-refractivity contribution is -0.124. The van der Waals surface area contributed by atoms with E-state index in [1.807, 2.05) is 37.3 Å². The third-order valence-electron chi connectivity index (χ3n) is 4.00. The number of hydrogen-bond acceptors (Lipinski definition) is 4. The minimum atomic E-state index is -0.165. The Bertz CT molecular complexity index is 621. The Morgan fingerprint density at radius 1 is 1.18 bits per heavy atom. The van der Waals surface area contributed by atoms with E-state index in [-0.39, 0.29) is 11.1 Å². The number of hydrogen-bond donors (Lipinski definition) is 0. The van der Waals surface area contributed by atoms with Crippen LogP contribution < -0.4 is 0 Å². The van der Waals surface area contributed by atoms with Gasteiger partial charge in [-0.3, -0.25) is 19.4 Å². The van der Waals surface area contributed by atoms with Crippen LogP contribution in [-0.2, 0) is 4.79 Å². The molecule has 0 aliphatic carbocycles. The molecule has 2 fully saturated rings. The molecule has 2 amide bonds. The second-order valence-corrected chi connectivity index (χ2v) is 6.84. The summed E-state index contributed by atoms with van der Waals surface area (Å²) >= 11 is 1.04. The highest BCUT2D eigenvalue weighted by Gasteiger charge is 2.36. The van der Waals surface area contributed by atoms with E-state index < -0.39 is 0 Å². The molecule has 5 heteroatoms. The van der Waals surface area contributed by atoms with E-state index in [1.165, 1.54) is 11.3 Å². The molecule has 116 valence electrons. The summed E-state index contributed by atoms with van der Waals surface area (Å²) < 4.78 is 0. The topological polar surface area (TPSA) is 40.6 Å². The monoisotopic (exact) mass is 316 g/mol. The number of carbonyl (C=O) groups excluding carboxylic acids is 2. The standard InChI is InChI=1S/C17H20N2O2S/c1-13-6-5-7-14(10-13)11-15-16(20)19(17(21)22-15)12-18-8-3-2-4-9-18/h5-7,10-11H,2-4,8-9,12H2,1H3/b15-11+. The van der Waals surface area contributed by atoms with Crippen molar-refractivity contribution in [3.63, 3.8) is 0 Å². The van der Waals surface area contributed by atoms with E-state index in [1.54, 1.807) is 0 Å². The van der Waals surface area contributed by atoms with Gasteiger partial charge in [0.25, 0.3) is 11.1 Å². The van der Waals surface area contributed by atoms with Crippen molar-refractivity contribution in [2.75, 3.05) is 19.8 Å². The molecule has 0 radical (unpaired) electrons. The fraction of sp³-hybridized carbons (Fsp3) is 0.412. The molecule has 22 heavy (non-hydrogen) atoms. The Kier molecular flexibility index (Phi) is 4.64. The Labute approximate surface area is 135 Å². The average Bonchev–Trinajstić information content (AvgIpc) is 2.76. The van der Waals surface area contributed by atoms with E-state index in [0.29, 0.717) is 11.6 Å². The van der Waals surface area contributed by atoms with Crippen LogP contribution in [0.5, 0.6) is 0 Å². The first kappa shape index (κ1) is 15.3. The maximum absolute atomic E-state index is 12.5. The van der Waals surface area contributed by atoms with Crippen LogP contribution in [0.15, 0.2) is 29.2 Å². The average molecular weight is 316 g/mol. The van der Waals surface area contributed by atoms with Gasteiger partial charge in [-0.25, -0.2) is 0 Å². The summed E-state index contributed by atoms with van der Waals surface area (Å²) in [5.41, 5.74) is 2.10. The van der Waals surface area contributed by atoms with Crippen LogP contribution in [0.2, 0.25) is 0 Å². The summed E-state index contributed by atoms with van der Waals surface area (Å²) in [6.45, 7) is 4.38. The minimum Gasteiger partial charge on any atom is -0.286 e. The van der Waals surface area contributed by atoms with Crippen LogP contribution in [-0.4, -0.2) is 40.7 Å². The molecule has 0 N–H and O–H groups in total. The van der Waals surface area contributed by atoms with Gasteiger partial charge in [0.05, 0.1) is 11.6 Å². The zero-order valence-corrected chi connectivity index (χ0v) is 13.6. The van der Waals surface area contributed by atoms with Gasteiger partial charge >= 0.3 is 0 Å². The number of amides is 2. The highest BCUT2D eigenvalue weighted by Crippen LogP contribution is 2.32. The molecule has 0 atom stereocenters. The normalized spacial score (nSPS) is 21.9. The van der Waals surface area contributed by atoms with Gasteiger partial charge in [-0.15, -0.1) is 0 Å². The molecular formula is C17H20N2O2S. The number of piperidine rings is 1. The van der Waals surface area contributed by atoms with Crippen LogP contribution in [0.3, 0.4) is 0 Å². The minimum absolute atomic E-state index is 0.158. The van der Waals surface area contributed by atoms with E-state index >= 15 is 0 Å². The number of carbonyl (C=O) groups is 2. The number of aryl methyl sites for hydroxylation is 1. The molecule has 2 saturated heterocycles. The Hall–Kier alpha value is -1.59. The lowest BCUT2D eigenvalue weighted by atomic mass is 10.1. The largest absolute Gasteiger partial charge is 0.294 e. The predicted octanol–water partition coefficient (Wildman–Crippen LogP) is 3.47. The van der Waals surface area contributed by atoms with Crippen LogP contribution in [0.1, 0.15) is 30.4 Å². The van der Waals surface area contributed by atoms with Crippen molar-refractivity contribution in [1.29, 1.82) is 0 Å². The smallest absolute Gasteiger partial charge is 0.286 e. The van der Waals surface area contributed by atoms with Crippen molar-refractivity contribution < 1.29 is 9.59 Å². The van der Waals surface area contributed by atoms with Crippen molar-refractivity contribution in [3.05, 3.63) is 40.3 Å². The number of benzene rings is 1. The van der Waals surface area contributed by atoms with Crippen LogP contribution in [0.4, 0.5) is 4.79 Å². The van der Waals surface area contributed by atoms with Gasteiger partial charge in [0.15, 0.2) is 0 Å².